The Kier molecular flexibility index (Phi) is 5.66. The number of thiophene rings is 1. The maximum absolute atomic E-state index is 13.4. The first-order chi connectivity index (χ1) is 15.6. The van der Waals surface area contributed by atoms with E-state index in [0.717, 1.165) is 40.6 Å². The van der Waals surface area contributed by atoms with Crippen LogP contribution in [0.2, 0.25) is 0 Å². The second-order valence-electron chi connectivity index (χ2n) is 7.94. The molecular formula is C25H23FN2O3S. The number of halogens is 1. The van der Waals surface area contributed by atoms with Crippen LogP contribution in [0.25, 0.3) is 21.6 Å². The third kappa shape index (κ3) is 4.00. The number of benzene rings is 2. The van der Waals surface area contributed by atoms with Gasteiger partial charge in [0.1, 0.15) is 23.1 Å². The summed E-state index contributed by atoms with van der Waals surface area (Å²) in [5.41, 5.74) is 2.56. The van der Waals surface area contributed by atoms with Crippen molar-refractivity contribution >= 4 is 21.6 Å². The van der Waals surface area contributed by atoms with Crippen LogP contribution in [0, 0.1) is 5.82 Å². The highest BCUT2D eigenvalue weighted by atomic mass is 32.1. The van der Waals surface area contributed by atoms with E-state index >= 15 is 0 Å². The van der Waals surface area contributed by atoms with E-state index in [1.807, 2.05) is 6.07 Å². The lowest BCUT2D eigenvalue weighted by atomic mass is 10.1. The Bertz CT molecular complexity index is 1350. The fourth-order valence-corrected chi connectivity index (χ4v) is 5.46. The third-order valence-corrected chi connectivity index (χ3v) is 6.98. The fraction of sp³-hybridized carbons (Fsp3) is 0.280. The van der Waals surface area contributed by atoms with Crippen LogP contribution in [0.1, 0.15) is 35.3 Å². The molecule has 4 aromatic rings. The number of aromatic amines is 1. The number of nitrogens with one attached hydrogen (secondary N) is 1. The van der Waals surface area contributed by atoms with Crippen LogP contribution in [0.15, 0.2) is 47.3 Å². The summed E-state index contributed by atoms with van der Waals surface area (Å²) >= 11 is 1.64. The van der Waals surface area contributed by atoms with Gasteiger partial charge in [-0.1, -0.05) is 18.6 Å². The molecule has 0 saturated heterocycles. The third-order valence-electron chi connectivity index (χ3n) is 5.80. The van der Waals surface area contributed by atoms with E-state index in [2.05, 4.69) is 4.98 Å². The van der Waals surface area contributed by atoms with Gasteiger partial charge in [0, 0.05) is 10.4 Å². The molecule has 0 radical (unpaired) electrons. The largest absolute Gasteiger partial charge is 0.493 e. The first kappa shape index (κ1) is 20.7. The Morgan fingerprint density at radius 2 is 1.97 bits per heavy atom. The number of H-pyrrole nitrogens is 1. The Morgan fingerprint density at radius 3 is 2.81 bits per heavy atom. The standard InChI is InChI=1S/C25H23FN2O3S/c1-30-20-13-16(10-11-19(20)31-14-15-6-5-7-17(26)12-15)23-27-24(29)22-18-8-3-2-4-9-21(18)32-25(22)28-23/h5-7,10-13H,2-4,8-9,14H2,1H3,(H,27,28,29). The number of aromatic nitrogens is 2. The van der Waals surface area contributed by atoms with Crippen molar-refractivity contribution < 1.29 is 13.9 Å². The monoisotopic (exact) mass is 450 g/mol. The molecule has 1 aliphatic carbocycles. The highest BCUT2D eigenvalue weighted by molar-refractivity contribution is 7.18. The van der Waals surface area contributed by atoms with Crippen LogP contribution in [0.4, 0.5) is 4.39 Å². The van der Waals surface area contributed by atoms with Gasteiger partial charge in [0.2, 0.25) is 0 Å². The highest BCUT2D eigenvalue weighted by Gasteiger charge is 2.19. The molecule has 0 fully saturated rings. The Hall–Kier alpha value is -3.19. The van der Waals surface area contributed by atoms with Crippen molar-refractivity contribution in [3.63, 3.8) is 0 Å². The molecule has 2 heterocycles. The quantitative estimate of drug-likeness (QED) is 0.399. The zero-order valence-corrected chi connectivity index (χ0v) is 18.6. The topological polar surface area (TPSA) is 64.2 Å². The predicted octanol–water partition coefficient (Wildman–Crippen LogP) is 5.65. The van der Waals surface area contributed by atoms with E-state index in [-0.39, 0.29) is 18.0 Å². The summed E-state index contributed by atoms with van der Waals surface area (Å²) < 4.78 is 24.7. The molecule has 0 saturated carbocycles. The lowest BCUT2D eigenvalue weighted by molar-refractivity contribution is 0.284. The smallest absolute Gasteiger partial charge is 0.260 e. The van der Waals surface area contributed by atoms with Crippen LogP contribution in [0.3, 0.4) is 0 Å². The molecule has 0 unspecified atom stereocenters. The van der Waals surface area contributed by atoms with Crippen molar-refractivity contribution in [1.29, 1.82) is 0 Å². The van der Waals surface area contributed by atoms with Crippen molar-refractivity contribution in [1.82, 2.24) is 9.97 Å². The zero-order chi connectivity index (χ0) is 22.1. The summed E-state index contributed by atoms with van der Waals surface area (Å²) in [6, 6.07) is 11.7. The van der Waals surface area contributed by atoms with Gasteiger partial charge in [0.25, 0.3) is 5.56 Å². The molecule has 0 bridgehead atoms. The zero-order valence-electron chi connectivity index (χ0n) is 17.7. The van der Waals surface area contributed by atoms with Crippen LogP contribution in [-0.4, -0.2) is 17.1 Å². The van der Waals surface area contributed by atoms with Crippen molar-refractivity contribution in [3.05, 3.63) is 74.6 Å². The van der Waals surface area contributed by atoms with Gasteiger partial charge in [0.05, 0.1) is 12.5 Å². The summed E-state index contributed by atoms with van der Waals surface area (Å²) in [5.74, 6) is 1.26. The molecule has 0 spiro atoms. The maximum Gasteiger partial charge on any atom is 0.260 e. The van der Waals surface area contributed by atoms with Crippen molar-refractivity contribution in [3.8, 4) is 22.9 Å². The van der Waals surface area contributed by atoms with Crippen molar-refractivity contribution in [2.75, 3.05) is 7.11 Å². The van der Waals surface area contributed by atoms with E-state index in [1.54, 1.807) is 42.7 Å². The number of ether oxygens (including phenoxy) is 2. The van der Waals surface area contributed by atoms with Gasteiger partial charge in [-0.05, 0) is 67.1 Å². The molecule has 2 aromatic heterocycles. The van der Waals surface area contributed by atoms with Crippen molar-refractivity contribution in [2.24, 2.45) is 0 Å². The summed E-state index contributed by atoms with van der Waals surface area (Å²) in [7, 11) is 1.56. The molecule has 2 aromatic carbocycles. The molecule has 7 heteroatoms. The van der Waals surface area contributed by atoms with Crippen molar-refractivity contribution in [2.45, 2.75) is 38.7 Å². The number of fused-ring (bicyclic) bond motifs is 3. The van der Waals surface area contributed by atoms with Gasteiger partial charge in [-0.15, -0.1) is 11.3 Å². The van der Waals surface area contributed by atoms with E-state index < -0.39 is 0 Å². The van der Waals surface area contributed by atoms with Gasteiger partial charge >= 0.3 is 0 Å². The first-order valence-electron chi connectivity index (χ1n) is 10.7. The highest BCUT2D eigenvalue weighted by Crippen LogP contribution is 2.35. The van der Waals surface area contributed by atoms with Crippen LogP contribution in [-0.2, 0) is 19.4 Å². The maximum atomic E-state index is 13.4. The summed E-state index contributed by atoms with van der Waals surface area (Å²) in [6.45, 7) is 0.218. The molecule has 0 aliphatic heterocycles. The second-order valence-corrected chi connectivity index (χ2v) is 9.03. The Labute approximate surface area is 188 Å². The van der Waals surface area contributed by atoms with E-state index in [0.29, 0.717) is 17.3 Å². The molecular weight excluding hydrogens is 427 g/mol. The average Bonchev–Trinajstić information content (AvgIpc) is 2.99. The summed E-state index contributed by atoms with van der Waals surface area (Å²) in [5, 5.41) is 0.748. The number of nitrogens with zero attached hydrogens (tertiary/aromatic N) is 1. The lowest BCUT2D eigenvalue weighted by Gasteiger charge is -2.12. The molecule has 0 atom stereocenters. The molecule has 0 amide bonds. The molecule has 1 N–H and O–H groups in total. The first-order valence-corrected chi connectivity index (χ1v) is 11.5. The van der Waals surface area contributed by atoms with Crippen LogP contribution in [0.5, 0.6) is 11.5 Å². The molecule has 5 rings (SSSR count). The number of aryl methyl sites for hydroxylation is 2. The number of methoxy groups -OCH3 is 1. The molecule has 164 valence electrons. The van der Waals surface area contributed by atoms with Gasteiger partial charge in [-0.3, -0.25) is 4.79 Å². The SMILES string of the molecule is COc1cc(-c2nc3sc4c(c3c(=O)[nH]2)CCCCC4)ccc1OCc1cccc(F)c1. The van der Waals surface area contributed by atoms with Gasteiger partial charge in [-0.2, -0.15) is 0 Å². The van der Waals surface area contributed by atoms with E-state index in [1.165, 1.54) is 35.4 Å². The lowest BCUT2D eigenvalue weighted by Crippen LogP contribution is -2.10. The van der Waals surface area contributed by atoms with Crippen LogP contribution < -0.4 is 15.0 Å². The molecule has 5 nitrogen and oxygen atoms in total. The van der Waals surface area contributed by atoms with E-state index in [4.69, 9.17) is 14.5 Å². The minimum absolute atomic E-state index is 0.0882. The Morgan fingerprint density at radius 1 is 1.09 bits per heavy atom. The number of hydrogen-bond donors (Lipinski definition) is 1. The normalized spacial score (nSPS) is 13.6. The second kappa shape index (κ2) is 8.74. The minimum Gasteiger partial charge on any atom is -0.493 e. The summed E-state index contributed by atoms with van der Waals surface area (Å²) in [6.07, 6.45) is 5.47. The van der Waals surface area contributed by atoms with Gasteiger partial charge < -0.3 is 14.5 Å². The van der Waals surface area contributed by atoms with E-state index in [9.17, 15) is 9.18 Å². The van der Waals surface area contributed by atoms with Crippen LogP contribution >= 0.6 is 11.3 Å². The Balaban J connectivity index is 1.46. The number of rotatable bonds is 5. The van der Waals surface area contributed by atoms with Gasteiger partial charge in [0.15, 0.2) is 11.5 Å². The molecule has 1 aliphatic rings. The predicted molar refractivity (Wildman–Crippen MR) is 124 cm³/mol. The fourth-order valence-electron chi connectivity index (χ4n) is 4.20. The average molecular weight is 451 g/mol. The minimum atomic E-state index is -0.301. The number of hydrogen-bond acceptors (Lipinski definition) is 5. The van der Waals surface area contributed by atoms with Gasteiger partial charge in [-0.25, -0.2) is 9.37 Å². The molecule has 32 heavy (non-hydrogen) atoms. The summed E-state index contributed by atoms with van der Waals surface area (Å²) in [4.78, 5) is 22.8.